The zero-order valence-electron chi connectivity index (χ0n) is 16.3. The molecule has 1 N–H and O–H groups in total. The van der Waals surface area contributed by atoms with Crippen LogP contribution in [0.25, 0.3) is 0 Å². The second kappa shape index (κ2) is 8.20. The molecule has 1 aromatic carbocycles. The van der Waals surface area contributed by atoms with Crippen LogP contribution in [0.4, 0.5) is 5.69 Å². The number of nitrogens with zero attached hydrogens (tertiary/aromatic N) is 2. The number of anilines is 1. The minimum Gasteiger partial charge on any atom is -0.493 e. The smallest absolute Gasteiger partial charge is 0.227 e. The van der Waals surface area contributed by atoms with E-state index in [1.54, 1.807) is 30.0 Å². The first-order chi connectivity index (χ1) is 13.5. The van der Waals surface area contributed by atoms with Gasteiger partial charge in [-0.25, -0.2) is 0 Å². The topological polar surface area (TPSA) is 103 Å². The predicted molar refractivity (Wildman–Crippen MR) is 99.6 cm³/mol. The number of rotatable bonds is 7. The van der Waals surface area contributed by atoms with Gasteiger partial charge in [-0.2, -0.15) is 0 Å². The third-order valence-electron chi connectivity index (χ3n) is 4.58. The summed E-state index contributed by atoms with van der Waals surface area (Å²) in [4.78, 5) is 26.6. The predicted octanol–water partition coefficient (Wildman–Crippen LogP) is 1.68. The highest BCUT2D eigenvalue weighted by molar-refractivity contribution is 6.00. The standard InChI is InChI=1S/C19H23N3O6/c1-11-5-13(21-28-11)9-20-19(24)12-6-17(23)22(10-12)14-7-15(25-2)18(27-4)16(8-14)26-3/h5,7-8,12H,6,9-10H2,1-4H3,(H,20,24). The minimum atomic E-state index is -0.459. The fourth-order valence-corrected chi connectivity index (χ4v) is 3.18. The Balaban J connectivity index is 1.72. The summed E-state index contributed by atoms with van der Waals surface area (Å²) in [5, 5.41) is 6.64. The molecule has 1 fully saturated rings. The SMILES string of the molecule is COc1cc(N2CC(C(=O)NCc3cc(C)on3)CC2=O)cc(OC)c1OC. The molecule has 0 aliphatic carbocycles. The summed E-state index contributed by atoms with van der Waals surface area (Å²) in [7, 11) is 4.53. The molecular formula is C19H23N3O6. The molecular weight excluding hydrogens is 366 g/mol. The molecule has 1 aliphatic rings. The molecule has 0 spiro atoms. The lowest BCUT2D eigenvalue weighted by molar-refractivity contribution is -0.126. The second-order valence-corrected chi connectivity index (χ2v) is 6.44. The number of aromatic nitrogens is 1. The van der Waals surface area contributed by atoms with Crippen molar-refractivity contribution in [1.29, 1.82) is 0 Å². The maximum Gasteiger partial charge on any atom is 0.227 e. The van der Waals surface area contributed by atoms with Crippen molar-refractivity contribution in [3.8, 4) is 17.2 Å². The summed E-state index contributed by atoms with van der Waals surface area (Å²) < 4.78 is 21.0. The molecule has 9 heteroatoms. The summed E-state index contributed by atoms with van der Waals surface area (Å²) in [6.45, 7) is 2.30. The Labute approximate surface area is 162 Å². The molecule has 2 aromatic rings. The summed E-state index contributed by atoms with van der Waals surface area (Å²) >= 11 is 0. The zero-order valence-corrected chi connectivity index (χ0v) is 16.3. The fraction of sp³-hybridized carbons (Fsp3) is 0.421. The van der Waals surface area contributed by atoms with Gasteiger partial charge in [-0.1, -0.05) is 5.16 Å². The summed E-state index contributed by atoms with van der Waals surface area (Å²) in [6, 6.07) is 5.14. The summed E-state index contributed by atoms with van der Waals surface area (Å²) in [6.07, 6.45) is 0.125. The van der Waals surface area contributed by atoms with E-state index in [1.165, 1.54) is 21.3 Å². The number of carbonyl (C=O) groups excluding carboxylic acids is 2. The molecule has 3 rings (SSSR count). The number of amides is 2. The van der Waals surface area contributed by atoms with Gasteiger partial charge in [0.2, 0.25) is 17.6 Å². The number of nitrogens with one attached hydrogen (secondary N) is 1. The molecule has 1 aromatic heterocycles. The lowest BCUT2D eigenvalue weighted by Crippen LogP contribution is -2.32. The van der Waals surface area contributed by atoms with E-state index in [4.69, 9.17) is 18.7 Å². The highest BCUT2D eigenvalue weighted by Gasteiger charge is 2.36. The van der Waals surface area contributed by atoms with Crippen LogP contribution in [0.2, 0.25) is 0 Å². The molecule has 0 radical (unpaired) electrons. The lowest BCUT2D eigenvalue weighted by Gasteiger charge is -2.20. The van der Waals surface area contributed by atoms with Crippen molar-refractivity contribution in [2.45, 2.75) is 19.9 Å². The van der Waals surface area contributed by atoms with Crippen molar-refractivity contribution < 1.29 is 28.3 Å². The van der Waals surface area contributed by atoms with Crippen LogP contribution in [-0.2, 0) is 16.1 Å². The monoisotopic (exact) mass is 389 g/mol. The summed E-state index contributed by atoms with van der Waals surface area (Å²) in [5.41, 5.74) is 1.22. The van der Waals surface area contributed by atoms with Crippen LogP contribution in [0.1, 0.15) is 17.9 Å². The van der Waals surface area contributed by atoms with Crippen molar-refractivity contribution in [3.63, 3.8) is 0 Å². The largest absolute Gasteiger partial charge is 0.493 e. The molecule has 1 aliphatic heterocycles. The first kappa shape index (κ1) is 19.5. The molecule has 0 bridgehead atoms. The van der Waals surface area contributed by atoms with Crippen LogP contribution in [0, 0.1) is 12.8 Å². The van der Waals surface area contributed by atoms with Crippen molar-refractivity contribution in [2.75, 3.05) is 32.8 Å². The van der Waals surface area contributed by atoms with Crippen molar-refractivity contribution in [2.24, 2.45) is 5.92 Å². The van der Waals surface area contributed by atoms with Gasteiger partial charge < -0.3 is 29.0 Å². The molecule has 150 valence electrons. The molecule has 28 heavy (non-hydrogen) atoms. The number of aryl methyl sites for hydroxylation is 1. The van der Waals surface area contributed by atoms with Gasteiger partial charge in [-0.3, -0.25) is 9.59 Å². The Kier molecular flexibility index (Phi) is 5.72. The Morgan fingerprint density at radius 3 is 2.43 bits per heavy atom. The van der Waals surface area contributed by atoms with E-state index in [1.807, 2.05) is 0 Å². The molecule has 0 saturated carbocycles. The zero-order chi connectivity index (χ0) is 20.3. The van der Waals surface area contributed by atoms with Crippen LogP contribution in [0.3, 0.4) is 0 Å². The molecule has 2 amide bonds. The van der Waals surface area contributed by atoms with E-state index in [-0.39, 0.29) is 31.3 Å². The fourth-order valence-electron chi connectivity index (χ4n) is 3.18. The highest BCUT2D eigenvalue weighted by atomic mass is 16.5. The van der Waals surface area contributed by atoms with Gasteiger partial charge >= 0.3 is 0 Å². The maximum absolute atomic E-state index is 12.5. The van der Waals surface area contributed by atoms with Gasteiger partial charge in [0.15, 0.2) is 11.5 Å². The van der Waals surface area contributed by atoms with E-state index in [0.29, 0.717) is 34.4 Å². The number of hydrogen-bond donors (Lipinski definition) is 1. The van der Waals surface area contributed by atoms with Crippen molar-refractivity contribution in [1.82, 2.24) is 10.5 Å². The Bertz CT molecular complexity index is 853. The van der Waals surface area contributed by atoms with Gasteiger partial charge in [-0.15, -0.1) is 0 Å². The lowest BCUT2D eigenvalue weighted by atomic mass is 10.1. The summed E-state index contributed by atoms with van der Waals surface area (Å²) in [5.74, 6) is 1.19. The third-order valence-corrected chi connectivity index (χ3v) is 4.58. The number of carbonyl (C=O) groups is 2. The van der Waals surface area contributed by atoms with Gasteiger partial charge in [0, 0.05) is 31.2 Å². The maximum atomic E-state index is 12.5. The van der Waals surface area contributed by atoms with Crippen LogP contribution >= 0.6 is 0 Å². The normalized spacial score (nSPS) is 16.2. The van der Waals surface area contributed by atoms with Crippen LogP contribution in [0.15, 0.2) is 22.7 Å². The molecule has 1 atom stereocenters. The average Bonchev–Trinajstić information content (AvgIpc) is 3.30. The molecule has 9 nitrogen and oxygen atoms in total. The molecule has 2 heterocycles. The van der Waals surface area contributed by atoms with Crippen LogP contribution < -0.4 is 24.4 Å². The molecule has 1 saturated heterocycles. The van der Waals surface area contributed by atoms with Crippen LogP contribution in [0.5, 0.6) is 17.2 Å². The Morgan fingerprint density at radius 1 is 1.21 bits per heavy atom. The van der Waals surface area contributed by atoms with Crippen LogP contribution in [-0.4, -0.2) is 44.8 Å². The average molecular weight is 389 g/mol. The van der Waals surface area contributed by atoms with E-state index < -0.39 is 5.92 Å². The number of methoxy groups -OCH3 is 3. The van der Waals surface area contributed by atoms with Crippen molar-refractivity contribution in [3.05, 3.63) is 29.7 Å². The Morgan fingerprint density at radius 2 is 1.89 bits per heavy atom. The second-order valence-electron chi connectivity index (χ2n) is 6.44. The number of ether oxygens (including phenoxy) is 3. The van der Waals surface area contributed by atoms with Crippen molar-refractivity contribution >= 4 is 17.5 Å². The Hall–Kier alpha value is -3.23. The van der Waals surface area contributed by atoms with E-state index in [9.17, 15) is 9.59 Å². The van der Waals surface area contributed by atoms with E-state index >= 15 is 0 Å². The minimum absolute atomic E-state index is 0.125. The third kappa shape index (κ3) is 3.88. The first-order valence-corrected chi connectivity index (χ1v) is 8.77. The number of benzene rings is 1. The van der Waals surface area contributed by atoms with E-state index in [2.05, 4.69) is 10.5 Å². The van der Waals surface area contributed by atoms with Gasteiger partial charge in [0.05, 0.1) is 39.5 Å². The van der Waals surface area contributed by atoms with Gasteiger partial charge in [-0.05, 0) is 6.92 Å². The molecule has 1 unspecified atom stereocenters. The number of hydrogen-bond acceptors (Lipinski definition) is 7. The van der Waals surface area contributed by atoms with E-state index in [0.717, 1.165) is 0 Å². The first-order valence-electron chi connectivity index (χ1n) is 8.77. The quantitative estimate of drug-likeness (QED) is 0.768. The van der Waals surface area contributed by atoms with Gasteiger partial charge in [0.25, 0.3) is 0 Å². The highest BCUT2D eigenvalue weighted by Crippen LogP contribution is 2.42. The van der Waals surface area contributed by atoms with Gasteiger partial charge in [0.1, 0.15) is 11.5 Å².